The number of hydrogen-bond acceptors (Lipinski definition) is 4. The largest absolute Gasteiger partial charge is 0.476 e. The molecule has 0 spiro atoms. The second-order valence-corrected chi connectivity index (χ2v) is 5.79. The van der Waals surface area contributed by atoms with E-state index in [4.69, 9.17) is 5.11 Å². The molecule has 19 heavy (non-hydrogen) atoms. The Morgan fingerprint density at radius 2 is 2.16 bits per heavy atom. The lowest BCUT2D eigenvalue weighted by Crippen LogP contribution is -2.02. The van der Waals surface area contributed by atoms with Crippen LogP contribution in [0.15, 0.2) is 28.5 Å². The highest BCUT2D eigenvalue weighted by molar-refractivity contribution is 7.84. The van der Waals surface area contributed by atoms with Gasteiger partial charge in [-0.3, -0.25) is 4.21 Å². The van der Waals surface area contributed by atoms with Gasteiger partial charge in [-0.1, -0.05) is 0 Å². The van der Waals surface area contributed by atoms with Crippen molar-refractivity contribution in [1.29, 1.82) is 0 Å². The summed E-state index contributed by atoms with van der Waals surface area (Å²) >= 11 is 0.889. The molecule has 1 heterocycles. The van der Waals surface area contributed by atoms with Gasteiger partial charge in [-0.25, -0.2) is 18.6 Å². The van der Waals surface area contributed by atoms with Crippen LogP contribution in [0.25, 0.3) is 0 Å². The van der Waals surface area contributed by atoms with Crippen molar-refractivity contribution >= 4 is 28.1 Å². The first kappa shape index (κ1) is 13.8. The Morgan fingerprint density at radius 1 is 1.42 bits per heavy atom. The number of carboxylic acids is 1. The number of rotatable bonds is 4. The molecule has 0 aliphatic rings. The summed E-state index contributed by atoms with van der Waals surface area (Å²) in [5, 5.41) is 9.99. The second-order valence-electron chi connectivity index (χ2n) is 3.51. The molecule has 100 valence electrons. The van der Waals surface area contributed by atoms with Crippen molar-refractivity contribution < 1.29 is 22.9 Å². The van der Waals surface area contributed by atoms with Crippen LogP contribution in [0.1, 0.15) is 15.5 Å². The molecule has 0 bridgehead atoms. The number of aromatic carboxylic acids is 1. The van der Waals surface area contributed by atoms with Crippen LogP contribution in [0, 0.1) is 11.6 Å². The zero-order valence-electron chi connectivity index (χ0n) is 9.30. The second kappa shape index (κ2) is 5.54. The smallest absolute Gasteiger partial charge is 0.365 e. The molecular formula is C11H7F2NO3S2. The van der Waals surface area contributed by atoms with Crippen LogP contribution in [-0.4, -0.2) is 20.3 Å². The molecule has 0 radical (unpaired) electrons. The molecule has 1 atom stereocenters. The van der Waals surface area contributed by atoms with Crippen molar-refractivity contribution in [3.63, 3.8) is 0 Å². The van der Waals surface area contributed by atoms with Gasteiger partial charge in [-0.05, 0) is 18.2 Å². The van der Waals surface area contributed by atoms with Crippen LogP contribution >= 0.6 is 11.3 Å². The summed E-state index contributed by atoms with van der Waals surface area (Å²) in [4.78, 5) is 14.1. The first-order chi connectivity index (χ1) is 8.97. The van der Waals surface area contributed by atoms with Crippen LogP contribution in [0.3, 0.4) is 0 Å². The van der Waals surface area contributed by atoms with Gasteiger partial charge in [0.05, 0.1) is 27.1 Å². The SMILES string of the molecule is O=C(O)c1nc(CS(=O)c2cc(F)ccc2F)cs1. The van der Waals surface area contributed by atoms with Crippen molar-refractivity contribution in [3.8, 4) is 0 Å². The molecular weight excluding hydrogens is 296 g/mol. The third kappa shape index (κ3) is 3.21. The topological polar surface area (TPSA) is 67.3 Å². The van der Waals surface area contributed by atoms with Gasteiger partial charge >= 0.3 is 5.97 Å². The maximum atomic E-state index is 13.4. The Kier molecular flexibility index (Phi) is 4.01. The van der Waals surface area contributed by atoms with Crippen LogP contribution in [0.5, 0.6) is 0 Å². The third-order valence-electron chi connectivity index (χ3n) is 2.15. The van der Waals surface area contributed by atoms with E-state index in [1.807, 2.05) is 0 Å². The number of benzene rings is 1. The van der Waals surface area contributed by atoms with Crippen molar-refractivity contribution in [1.82, 2.24) is 4.98 Å². The van der Waals surface area contributed by atoms with E-state index < -0.39 is 28.4 Å². The average molecular weight is 303 g/mol. The highest BCUT2D eigenvalue weighted by Crippen LogP contribution is 2.18. The zero-order valence-corrected chi connectivity index (χ0v) is 10.9. The molecule has 1 unspecified atom stereocenters. The molecule has 0 saturated carbocycles. The fraction of sp³-hybridized carbons (Fsp3) is 0.0909. The van der Waals surface area contributed by atoms with Crippen LogP contribution in [0.4, 0.5) is 8.78 Å². The minimum atomic E-state index is -1.82. The molecule has 0 aliphatic carbocycles. The fourth-order valence-electron chi connectivity index (χ4n) is 1.34. The molecule has 1 aromatic heterocycles. The maximum absolute atomic E-state index is 13.4. The number of carbonyl (C=O) groups is 1. The van der Waals surface area contributed by atoms with Gasteiger partial charge < -0.3 is 5.11 Å². The van der Waals surface area contributed by atoms with E-state index >= 15 is 0 Å². The third-order valence-corrected chi connectivity index (χ3v) is 4.39. The first-order valence-corrected chi connectivity index (χ1v) is 7.18. The van der Waals surface area contributed by atoms with E-state index in [2.05, 4.69) is 4.98 Å². The van der Waals surface area contributed by atoms with Gasteiger partial charge in [0.1, 0.15) is 11.6 Å². The summed E-state index contributed by atoms with van der Waals surface area (Å²) < 4.78 is 38.2. The van der Waals surface area contributed by atoms with Gasteiger partial charge in [0.15, 0.2) is 0 Å². The van der Waals surface area contributed by atoms with E-state index in [0.29, 0.717) is 0 Å². The van der Waals surface area contributed by atoms with Crippen molar-refractivity contribution in [2.75, 3.05) is 0 Å². The molecule has 2 rings (SSSR count). The van der Waals surface area contributed by atoms with Crippen LogP contribution in [0.2, 0.25) is 0 Å². The van der Waals surface area contributed by atoms with E-state index in [1.165, 1.54) is 5.38 Å². The molecule has 8 heteroatoms. The van der Waals surface area contributed by atoms with Gasteiger partial charge in [0, 0.05) is 5.38 Å². The first-order valence-electron chi connectivity index (χ1n) is 4.98. The number of hydrogen-bond donors (Lipinski definition) is 1. The minimum Gasteiger partial charge on any atom is -0.476 e. The number of aromatic nitrogens is 1. The summed E-state index contributed by atoms with van der Waals surface area (Å²) in [6, 6.07) is 2.68. The number of carboxylic acid groups (broad SMARTS) is 1. The lowest BCUT2D eigenvalue weighted by molar-refractivity contribution is 0.0696. The van der Waals surface area contributed by atoms with E-state index in [1.54, 1.807) is 0 Å². The lowest BCUT2D eigenvalue weighted by Gasteiger charge is -2.02. The number of halogens is 2. The van der Waals surface area contributed by atoms with Gasteiger partial charge in [-0.2, -0.15) is 0 Å². The standard InChI is InChI=1S/C11H7F2NO3S2/c12-6-1-2-8(13)9(3-6)19(17)5-7-4-18-10(14-7)11(15)16/h1-4H,5H2,(H,15,16). The quantitative estimate of drug-likeness (QED) is 0.942. The number of thiazole rings is 1. The predicted molar refractivity (Wildman–Crippen MR) is 65.5 cm³/mol. The van der Waals surface area contributed by atoms with Crippen molar-refractivity contribution in [2.24, 2.45) is 0 Å². The van der Waals surface area contributed by atoms with E-state index in [9.17, 15) is 17.8 Å². The van der Waals surface area contributed by atoms with Gasteiger partial charge in [0.25, 0.3) is 0 Å². The predicted octanol–water partition coefficient (Wildman–Crippen LogP) is 2.43. The van der Waals surface area contributed by atoms with Crippen molar-refractivity contribution in [3.05, 3.63) is 45.9 Å². The van der Waals surface area contributed by atoms with Crippen molar-refractivity contribution in [2.45, 2.75) is 10.6 Å². The molecule has 0 amide bonds. The molecule has 1 N–H and O–H groups in total. The van der Waals surface area contributed by atoms with Gasteiger partial charge in [0.2, 0.25) is 5.01 Å². The summed E-state index contributed by atoms with van der Waals surface area (Å²) in [6.45, 7) is 0. The van der Waals surface area contributed by atoms with E-state index in [0.717, 1.165) is 29.5 Å². The zero-order chi connectivity index (χ0) is 14.0. The molecule has 0 saturated heterocycles. The van der Waals surface area contributed by atoms with Crippen LogP contribution in [-0.2, 0) is 16.6 Å². The monoisotopic (exact) mass is 303 g/mol. The molecule has 1 aromatic carbocycles. The Bertz CT molecular complexity index is 657. The molecule has 4 nitrogen and oxygen atoms in total. The van der Waals surface area contributed by atoms with Gasteiger partial charge in [-0.15, -0.1) is 11.3 Å². The Hall–Kier alpha value is -1.67. The summed E-state index contributed by atoms with van der Waals surface area (Å²) in [6.07, 6.45) is 0. The Labute approximate surface area is 113 Å². The highest BCUT2D eigenvalue weighted by atomic mass is 32.2. The Balaban J connectivity index is 2.20. The summed E-state index contributed by atoms with van der Waals surface area (Å²) in [5.41, 5.74) is 0.268. The summed E-state index contributed by atoms with van der Waals surface area (Å²) in [5.74, 6) is -2.80. The molecule has 2 aromatic rings. The molecule has 0 fully saturated rings. The lowest BCUT2D eigenvalue weighted by atomic mass is 10.3. The number of nitrogens with zero attached hydrogens (tertiary/aromatic N) is 1. The minimum absolute atomic E-state index is 0.133. The maximum Gasteiger partial charge on any atom is 0.365 e. The molecule has 0 aliphatic heterocycles. The summed E-state index contributed by atoms with van der Waals surface area (Å²) in [7, 11) is -1.82. The highest BCUT2D eigenvalue weighted by Gasteiger charge is 2.15. The Morgan fingerprint density at radius 3 is 2.79 bits per heavy atom. The van der Waals surface area contributed by atoms with Crippen LogP contribution < -0.4 is 0 Å². The normalized spacial score (nSPS) is 12.3. The fourth-order valence-corrected chi connectivity index (χ4v) is 3.20. The van der Waals surface area contributed by atoms with E-state index in [-0.39, 0.29) is 21.3 Å². The average Bonchev–Trinajstić information content (AvgIpc) is 2.80.